The first kappa shape index (κ1) is 13.5. The van der Waals surface area contributed by atoms with E-state index in [4.69, 9.17) is 0 Å². The predicted molar refractivity (Wildman–Crippen MR) is 79.9 cm³/mol. The molecular weight excluding hydrogens is 275 g/mol. The Morgan fingerprint density at radius 1 is 1.50 bits per heavy atom. The summed E-state index contributed by atoms with van der Waals surface area (Å²) in [6, 6.07) is 5.31. The molecule has 1 aromatic heterocycles. The number of nitrogens with one attached hydrogen (secondary N) is 1. The highest BCUT2D eigenvalue weighted by atomic mass is 32.1. The molecule has 5 heteroatoms. The van der Waals surface area contributed by atoms with Crippen molar-refractivity contribution < 1.29 is 9.18 Å². The Morgan fingerprint density at radius 2 is 2.30 bits per heavy atom. The Morgan fingerprint density at radius 3 is 3.00 bits per heavy atom. The third-order valence-electron chi connectivity index (χ3n) is 3.75. The Hall–Kier alpha value is -1.46. The number of benzene rings is 1. The van der Waals surface area contributed by atoms with Gasteiger partial charge in [-0.3, -0.25) is 4.79 Å². The van der Waals surface area contributed by atoms with Crippen LogP contribution in [0.4, 0.5) is 4.39 Å². The molecule has 3 nitrogen and oxygen atoms in total. The standard InChI is InChI=1S/C15H17FN2OS/c1-9-8-18(7-6-17-9)15(19)14-10(2)13-11(16)4-3-5-12(13)20-14/h3-5,9,17H,6-8H2,1-2H3. The fraction of sp³-hybridized carbons (Fsp3) is 0.400. The van der Waals surface area contributed by atoms with Crippen molar-refractivity contribution in [2.75, 3.05) is 19.6 Å². The van der Waals surface area contributed by atoms with Gasteiger partial charge in [0.1, 0.15) is 5.82 Å². The number of rotatable bonds is 1. The van der Waals surface area contributed by atoms with E-state index in [0.29, 0.717) is 29.4 Å². The van der Waals surface area contributed by atoms with E-state index in [0.717, 1.165) is 16.8 Å². The molecule has 106 valence electrons. The summed E-state index contributed by atoms with van der Waals surface area (Å²) in [6.07, 6.45) is 0. The van der Waals surface area contributed by atoms with E-state index in [1.807, 2.05) is 17.9 Å². The minimum absolute atomic E-state index is 0.0245. The highest BCUT2D eigenvalue weighted by Gasteiger charge is 2.25. The number of hydrogen-bond donors (Lipinski definition) is 1. The number of thiophene rings is 1. The summed E-state index contributed by atoms with van der Waals surface area (Å²) in [7, 11) is 0. The largest absolute Gasteiger partial charge is 0.335 e. The zero-order valence-corrected chi connectivity index (χ0v) is 12.4. The normalized spacial score (nSPS) is 19.6. The topological polar surface area (TPSA) is 32.3 Å². The molecule has 1 amide bonds. The van der Waals surface area contributed by atoms with Gasteiger partial charge in [-0.15, -0.1) is 11.3 Å². The second-order valence-corrected chi connectivity index (χ2v) is 6.33. The molecule has 20 heavy (non-hydrogen) atoms. The van der Waals surface area contributed by atoms with Crippen LogP contribution in [0.1, 0.15) is 22.2 Å². The van der Waals surface area contributed by atoms with Gasteiger partial charge in [-0.05, 0) is 31.5 Å². The lowest BCUT2D eigenvalue weighted by atomic mass is 10.1. The van der Waals surface area contributed by atoms with Gasteiger partial charge < -0.3 is 10.2 Å². The van der Waals surface area contributed by atoms with Gasteiger partial charge >= 0.3 is 0 Å². The summed E-state index contributed by atoms with van der Waals surface area (Å²) in [5, 5.41) is 3.91. The minimum Gasteiger partial charge on any atom is -0.335 e. The van der Waals surface area contributed by atoms with E-state index in [1.165, 1.54) is 17.4 Å². The summed E-state index contributed by atoms with van der Waals surface area (Å²) in [5.41, 5.74) is 0.763. The van der Waals surface area contributed by atoms with Crippen LogP contribution >= 0.6 is 11.3 Å². The number of halogens is 1. The number of amides is 1. The zero-order valence-electron chi connectivity index (χ0n) is 11.6. The molecule has 1 N–H and O–H groups in total. The van der Waals surface area contributed by atoms with Crippen molar-refractivity contribution in [1.29, 1.82) is 0 Å². The molecule has 2 aromatic rings. The van der Waals surface area contributed by atoms with Crippen molar-refractivity contribution in [2.24, 2.45) is 0 Å². The molecule has 0 spiro atoms. The monoisotopic (exact) mass is 292 g/mol. The van der Waals surface area contributed by atoms with Gasteiger partial charge in [0.05, 0.1) is 4.88 Å². The molecule has 1 saturated heterocycles. The van der Waals surface area contributed by atoms with Crippen LogP contribution in [-0.4, -0.2) is 36.5 Å². The second-order valence-electron chi connectivity index (χ2n) is 5.28. The Balaban J connectivity index is 1.99. The van der Waals surface area contributed by atoms with Gasteiger partial charge in [0.2, 0.25) is 0 Å². The molecule has 3 rings (SSSR count). The van der Waals surface area contributed by atoms with Crippen LogP contribution in [0, 0.1) is 12.7 Å². The number of aryl methyl sites for hydroxylation is 1. The molecule has 1 aliphatic rings. The van der Waals surface area contributed by atoms with Crippen LogP contribution in [0.5, 0.6) is 0 Å². The van der Waals surface area contributed by atoms with Crippen LogP contribution in [0.15, 0.2) is 18.2 Å². The zero-order chi connectivity index (χ0) is 14.3. The molecule has 1 atom stereocenters. The lowest BCUT2D eigenvalue weighted by Crippen LogP contribution is -2.51. The molecule has 0 aliphatic carbocycles. The van der Waals surface area contributed by atoms with Crippen molar-refractivity contribution in [1.82, 2.24) is 10.2 Å². The van der Waals surface area contributed by atoms with Crippen LogP contribution in [0.3, 0.4) is 0 Å². The minimum atomic E-state index is -0.246. The maximum Gasteiger partial charge on any atom is 0.264 e. The first-order valence-electron chi connectivity index (χ1n) is 6.78. The fourth-order valence-corrected chi connectivity index (χ4v) is 3.91. The van der Waals surface area contributed by atoms with Crippen molar-refractivity contribution in [3.63, 3.8) is 0 Å². The van der Waals surface area contributed by atoms with Gasteiger partial charge in [0.15, 0.2) is 0 Å². The smallest absolute Gasteiger partial charge is 0.264 e. The van der Waals surface area contributed by atoms with E-state index < -0.39 is 0 Å². The van der Waals surface area contributed by atoms with E-state index >= 15 is 0 Å². The Labute approximate surface area is 121 Å². The van der Waals surface area contributed by atoms with E-state index in [-0.39, 0.29) is 11.7 Å². The molecule has 1 fully saturated rings. The molecule has 0 radical (unpaired) electrons. The number of piperazine rings is 1. The summed E-state index contributed by atoms with van der Waals surface area (Å²) in [6.45, 7) is 6.12. The number of fused-ring (bicyclic) bond motifs is 1. The number of nitrogens with zero attached hydrogens (tertiary/aromatic N) is 1. The van der Waals surface area contributed by atoms with Crippen LogP contribution in [-0.2, 0) is 0 Å². The molecule has 1 unspecified atom stereocenters. The SMILES string of the molecule is Cc1c(C(=O)N2CCNC(C)C2)sc2cccc(F)c12. The molecule has 2 heterocycles. The highest BCUT2D eigenvalue weighted by molar-refractivity contribution is 7.21. The Bertz CT molecular complexity index is 667. The van der Waals surface area contributed by atoms with Gasteiger partial charge in [0.25, 0.3) is 5.91 Å². The summed E-state index contributed by atoms with van der Waals surface area (Å²) >= 11 is 1.39. The number of carbonyl (C=O) groups excluding carboxylic acids is 1. The molecular formula is C15H17FN2OS. The molecule has 1 aliphatic heterocycles. The first-order chi connectivity index (χ1) is 9.58. The molecule has 0 bridgehead atoms. The third kappa shape index (κ3) is 2.21. The maximum atomic E-state index is 13.9. The van der Waals surface area contributed by atoms with Crippen LogP contribution in [0.25, 0.3) is 10.1 Å². The van der Waals surface area contributed by atoms with E-state index in [2.05, 4.69) is 12.2 Å². The van der Waals surface area contributed by atoms with Crippen LogP contribution in [0.2, 0.25) is 0 Å². The summed E-state index contributed by atoms with van der Waals surface area (Å²) < 4.78 is 14.7. The Kier molecular flexibility index (Phi) is 3.48. The van der Waals surface area contributed by atoms with Crippen molar-refractivity contribution in [3.8, 4) is 0 Å². The van der Waals surface area contributed by atoms with Crippen molar-refractivity contribution >= 4 is 27.3 Å². The fourth-order valence-electron chi connectivity index (χ4n) is 2.72. The van der Waals surface area contributed by atoms with E-state index in [9.17, 15) is 9.18 Å². The first-order valence-corrected chi connectivity index (χ1v) is 7.60. The van der Waals surface area contributed by atoms with Gasteiger partial charge in [0, 0.05) is 35.8 Å². The molecule has 1 aromatic carbocycles. The number of hydrogen-bond acceptors (Lipinski definition) is 3. The predicted octanol–water partition coefficient (Wildman–Crippen LogP) is 2.78. The quantitative estimate of drug-likeness (QED) is 0.876. The van der Waals surface area contributed by atoms with Gasteiger partial charge in [-0.1, -0.05) is 6.07 Å². The van der Waals surface area contributed by atoms with Gasteiger partial charge in [-0.25, -0.2) is 4.39 Å². The third-order valence-corrected chi connectivity index (χ3v) is 5.00. The summed E-state index contributed by atoms with van der Waals surface area (Å²) in [5.74, 6) is -0.222. The average Bonchev–Trinajstić information content (AvgIpc) is 2.76. The van der Waals surface area contributed by atoms with Gasteiger partial charge in [-0.2, -0.15) is 0 Å². The summed E-state index contributed by atoms with van der Waals surface area (Å²) in [4.78, 5) is 15.2. The van der Waals surface area contributed by atoms with Crippen LogP contribution < -0.4 is 5.32 Å². The molecule has 0 saturated carbocycles. The highest BCUT2D eigenvalue weighted by Crippen LogP contribution is 2.33. The lowest BCUT2D eigenvalue weighted by Gasteiger charge is -2.31. The second kappa shape index (κ2) is 5.14. The van der Waals surface area contributed by atoms with Crippen molar-refractivity contribution in [3.05, 3.63) is 34.5 Å². The van der Waals surface area contributed by atoms with E-state index in [1.54, 1.807) is 6.07 Å². The maximum absolute atomic E-state index is 13.9. The average molecular weight is 292 g/mol. The number of carbonyl (C=O) groups is 1. The lowest BCUT2D eigenvalue weighted by molar-refractivity contribution is 0.0713. The van der Waals surface area contributed by atoms with Crippen molar-refractivity contribution in [2.45, 2.75) is 19.9 Å².